The quantitative estimate of drug-likeness (QED) is 0.398. The third kappa shape index (κ3) is 5.14. The Bertz CT molecular complexity index is 1480. The lowest BCUT2D eigenvalue weighted by Crippen LogP contribution is -2.30. The number of benzene rings is 2. The van der Waals surface area contributed by atoms with Gasteiger partial charge in [0.2, 0.25) is 15.7 Å². The first-order valence-corrected chi connectivity index (χ1v) is 12.8. The largest absolute Gasteiger partial charge is 0.492 e. The second kappa shape index (κ2) is 10.2. The van der Waals surface area contributed by atoms with Gasteiger partial charge in [0.05, 0.1) is 11.4 Å². The lowest BCUT2D eigenvalue weighted by Gasteiger charge is -2.15. The molecule has 180 valence electrons. The Morgan fingerprint density at radius 2 is 1.60 bits per heavy atom. The predicted molar refractivity (Wildman–Crippen MR) is 132 cm³/mol. The van der Waals surface area contributed by atoms with Crippen molar-refractivity contribution in [2.24, 2.45) is 0 Å². The number of rotatable bonds is 8. The molecule has 0 unspecified atom stereocenters. The molecule has 2 aromatic heterocycles. The van der Waals surface area contributed by atoms with Gasteiger partial charge in [0.25, 0.3) is 5.56 Å². The second-order valence-electron chi connectivity index (χ2n) is 8.21. The van der Waals surface area contributed by atoms with Gasteiger partial charge in [-0.2, -0.15) is 4.98 Å². The SMILES string of the molecule is CCCCc1nc(O)c(S(=O)(=O)c2ccc(-c3cnc(C)nc3)cc2)c(=O)n1Cc1ccccc1. The molecule has 4 rings (SSSR count). The van der Waals surface area contributed by atoms with E-state index >= 15 is 0 Å². The summed E-state index contributed by atoms with van der Waals surface area (Å²) in [6.07, 6.45) is 5.36. The maximum Gasteiger partial charge on any atom is 0.277 e. The van der Waals surface area contributed by atoms with Crippen molar-refractivity contribution in [3.05, 3.63) is 94.6 Å². The molecule has 9 heteroatoms. The fourth-order valence-corrected chi connectivity index (χ4v) is 5.10. The van der Waals surface area contributed by atoms with Crippen LogP contribution < -0.4 is 5.56 Å². The molecule has 1 N–H and O–H groups in total. The number of hydrogen-bond acceptors (Lipinski definition) is 7. The summed E-state index contributed by atoms with van der Waals surface area (Å²) in [7, 11) is -4.34. The van der Waals surface area contributed by atoms with Gasteiger partial charge in [-0.1, -0.05) is 55.8 Å². The van der Waals surface area contributed by atoms with E-state index in [2.05, 4.69) is 15.0 Å². The third-order valence-corrected chi connectivity index (χ3v) is 7.46. The molecule has 0 amide bonds. The van der Waals surface area contributed by atoms with Crippen LogP contribution in [0.3, 0.4) is 0 Å². The lowest BCUT2D eigenvalue weighted by atomic mass is 10.1. The molecule has 4 aromatic rings. The maximum atomic E-state index is 13.5. The van der Waals surface area contributed by atoms with Crippen molar-refractivity contribution < 1.29 is 13.5 Å². The standard InChI is InChI=1S/C26H26N4O4S/c1-3-4-10-23-29-25(31)24(26(32)30(23)17-19-8-6-5-7-9-19)35(33,34)22-13-11-20(12-14-22)21-15-27-18(2)28-16-21/h5-9,11-16,31H,3-4,10,17H2,1-2H3. The van der Waals surface area contributed by atoms with Crippen LogP contribution in [0, 0.1) is 6.92 Å². The third-order valence-electron chi connectivity index (χ3n) is 5.67. The average Bonchev–Trinajstić information content (AvgIpc) is 2.86. The van der Waals surface area contributed by atoms with Crippen LogP contribution in [0.5, 0.6) is 5.88 Å². The van der Waals surface area contributed by atoms with E-state index in [4.69, 9.17) is 0 Å². The monoisotopic (exact) mass is 490 g/mol. The Hall–Kier alpha value is -3.85. The summed E-state index contributed by atoms with van der Waals surface area (Å²) < 4.78 is 28.3. The Kier molecular flexibility index (Phi) is 7.07. The molecular formula is C26H26N4O4S. The van der Waals surface area contributed by atoms with Crippen molar-refractivity contribution in [2.45, 2.75) is 49.4 Å². The van der Waals surface area contributed by atoms with E-state index in [1.165, 1.54) is 16.7 Å². The van der Waals surface area contributed by atoms with Gasteiger partial charge < -0.3 is 5.11 Å². The molecule has 2 heterocycles. The van der Waals surface area contributed by atoms with Crippen molar-refractivity contribution in [1.29, 1.82) is 0 Å². The number of aryl methyl sites for hydroxylation is 2. The first-order chi connectivity index (χ1) is 16.8. The highest BCUT2D eigenvalue weighted by Gasteiger charge is 2.29. The lowest BCUT2D eigenvalue weighted by molar-refractivity contribution is 0.419. The molecule has 0 fully saturated rings. The molecule has 0 radical (unpaired) electrons. The Labute approximate surface area is 203 Å². The molecule has 0 saturated carbocycles. The first kappa shape index (κ1) is 24.3. The summed E-state index contributed by atoms with van der Waals surface area (Å²) >= 11 is 0. The summed E-state index contributed by atoms with van der Waals surface area (Å²) in [5.41, 5.74) is 1.49. The molecule has 0 aliphatic rings. The van der Waals surface area contributed by atoms with E-state index in [9.17, 15) is 18.3 Å². The van der Waals surface area contributed by atoms with Crippen molar-refractivity contribution in [1.82, 2.24) is 19.5 Å². The minimum absolute atomic E-state index is 0.115. The highest BCUT2D eigenvalue weighted by molar-refractivity contribution is 7.91. The zero-order valence-corrected chi connectivity index (χ0v) is 20.4. The van der Waals surface area contributed by atoms with Gasteiger partial charge in [0.15, 0.2) is 4.90 Å². The molecular weight excluding hydrogens is 464 g/mol. The predicted octanol–water partition coefficient (Wildman–Crippen LogP) is 3.94. The molecule has 0 aliphatic heterocycles. The second-order valence-corrected chi connectivity index (χ2v) is 10.1. The summed E-state index contributed by atoms with van der Waals surface area (Å²) in [4.78, 5) is 25.1. The van der Waals surface area contributed by atoms with Crippen molar-refractivity contribution in [3.8, 4) is 17.0 Å². The number of aromatic nitrogens is 4. The van der Waals surface area contributed by atoms with Gasteiger partial charge in [-0.05, 0) is 36.6 Å². The van der Waals surface area contributed by atoms with Crippen molar-refractivity contribution in [2.75, 3.05) is 0 Å². The number of aromatic hydroxyl groups is 1. The van der Waals surface area contributed by atoms with Crippen molar-refractivity contribution in [3.63, 3.8) is 0 Å². The Balaban J connectivity index is 1.78. The van der Waals surface area contributed by atoms with Crippen LogP contribution in [0.25, 0.3) is 11.1 Å². The molecule has 0 spiro atoms. The van der Waals surface area contributed by atoms with Crippen LogP contribution in [-0.2, 0) is 22.8 Å². The van der Waals surface area contributed by atoms with E-state index in [0.717, 1.165) is 29.5 Å². The normalized spacial score (nSPS) is 11.5. The smallest absolute Gasteiger partial charge is 0.277 e. The average molecular weight is 491 g/mol. The van der Waals surface area contributed by atoms with Crippen LogP contribution in [0.4, 0.5) is 0 Å². The van der Waals surface area contributed by atoms with Crippen LogP contribution in [-0.4, -0.2) is 33.0 Å². The molecule has 35 heavy (non-hydrogen) atoms. The number of sulfone groups is 1. The van der Waals surface area contributed by atoms with E-state index < -0.39 is 26.2 Å². The van der Waals surface area contributed by atoms with Gasteiger partial charge in [0, 0.05) is 24.4 Å². The Morgan fingerprint density at radius 1 is 0.943 bits per heavy atom. The van der Waals surface area contributed by atoms with Gasteiger partial charge in [-0.3, -0.25) is 9.36 Å². The minimum Gasteiger partial charge on any atom is -0.492 e. The first-order valence-electron chi connectivity index (χ1n) is 11.3. The number of hydrogen-bond donors (Lipinski definition) is 1. The van der Waals surface area contributed by atoms with Gasteiger partial charge in [-0.15, -0.1) is 0 Å². The van der Waals surface area contributed by atoms with E-state index in [1.807, 2.05) is 37.3 Å². The van der Waals surface area contributed by atoms with E-state index in [-0.39, 0.29) is 11.4 Å². The van der Waals surface area contributed by atoms with Crippen LogP contribution in [0.2, 0.25) is 0 Å². The summed E-state index contributed by atoms with van der Waals surface area (Å²) in [6, 6.07) is 15.3. The fourth-order valence-electron chi connectivity index (χ4n) is 3.74. The zero-order chi connectivity index (χ0) is 25.0. The molecule has 0 saturated heterocycles. The molecule has 0 aliphatic carbocycles. The zero-order valence-electron chi connectivity index (χ0n) is 19.5. The molecule has 8 nitrogen and oxygen atoms in total. The van der Waals surface area contributed by atoms with Crippen LogP contribution in [0.1, 0.15) is 37.0 Å². The number of nitrogens with zero attached hydrogens (tertiary/aromatic N) is 4. The maximum absolute atomic E-state index is 13.5. The van der Waals surface area contributed by atoms with Gasteiger partial charge in [-0.25, -0.2) is 18.4 Å². The molecule has 2 aromatic carbocycles. The summed E-state index contributed by atoms with van der Waals surface area (Å²) in [6.45, 7) is 3.93. The fraction of sp³-hybridized carbons (Fsp3) is 0.231. The number of unbranched alkanes of at least 4 members (excludes halogenated alkanes) is 1. The van der Waals surface area contributed by atoms with Crippen LogP contribution in [0.15, 0.2) is 81.6 Å². The summed E-state index contributed by atoms with van der Waals surface area (Å²) in [5.74, 6) is 0.207. The topological polar surface area (TPSA) is 115 Å². The molecule has 0 atom stereocenters. The van der Waals surface area contributed by atoms with E-state index in [0.29, 0.717) is 18.1 Å². The van der Waals surface area contributed by atoms with E-state index in [1.54, 1.807) is 31.5 Å². The highest BCUT2D eigenvalue weighted by Crippen LogP contribution is 2.27. The summed E-state index contributed by atoms with van der Waals surface area (Å²) in [5, 5.41) is 10.6. The highest BCUT2D eigenvalue weighted by atomic mass is 32.2. The van der Waals surface area contributed by atoms with Gasteiger partial charge in [0.1, 0.15) is 11.6 Å². The van der Waals surface area contributed by atoms with Gasteiger partial charge >= 0.3 is 0 Å². The Morgan fingerprint density at radius 3 is 2.23 bits per heavy atom. The molecule has 0 bridgehead atoms. The minimum atomic E-state index is -4.34. The van der Waals surface area contributed by atoms with Crippen molar-refractivity contribution >= 4 is 9.84 Å². The van der Waals surface area contributed by atoms with Crippen LogP contribution >= 0.6 is 0 Å².